The van der Waals surface area contributed by atoms with Crippen molar-refractivity contribution >= 4 is 11.3 Å². The van der Waals surface area contributed by atoms with Crippen molar-refractivity contribution in [3.05, 3.63) is 42.2 Å². The maximum absolute atomic E-state index is 6.07. The summed E-state index contributed by atoms with van der Waals surface area (Å²) in [6.07, 6.45) is 4.47. The van der Waals surface area contributed by atoms with Gasteiger partial charge in [0.05, 0.1) is 11.4 Å². The Hall–Kier alpha value is -2.73. The number of rotatable bonds is 3. The molecule has 0 atom stereocenters. The molecule has 6 nitrogen and oxygen atoms in total. The molecule has 0 bridgehead atoms. The van der Waals surface area contributed by atoms with Crippen LogP contribution in [0.5, 0.6) is 11.5 Å². The van der Waals surface area contributed by atoms with Gasteiger partial charge in [-0.3, -0.25) is 4.90 Å². The van der Waals surface area contributed by atoms with Gasteiger partial charge < -0.3 is 19.6 Å². The lowest BCUT2D eigenvalue weighted by Crippen LogP contribution is -2.32. The van der Waals surface area contributed by atoms with E-state index in [0.29, 0.717) is 0 Å². The molecule has 0 unspecified atom stereocenters. The highest BCUT2D eigenvalue weighted by Gasteiger charge is 2.22. The molecule has 0 spiro atoms. The van der Waals surface area contributed by atoms with Crippen molar-refractivity contribution in [2.24, 2.45) is 5.92 Å². The van der Waals surface area contributed by atoms with E-state index < -0.39 is 0 Å². The van der Waals surface area contributed by atoms with Gasteiger partial charge in [-0.15, -0.1) is 0 Å². The second-order valence-corrected chi connectivity index (χ2v) is 7.62. The maximum atomic E-state index is 6.07. The molecule has 1 saturated heterocycles. The SMILES string of the molecule is CC1CCN(Cc2c(-c3ccc4c(c3)OCO4)nc3ccc(N)cn23)CC1. The smallest absolute Gasteiger partial charge is 0.231 e. The lowest BCUT2D eigenvalue weighted by Gasteiger charge is -2.30. The van der Waals surface area contributed by atoms with Crippen LogP contribution in [0.3, 0.4) is 0 Å². The third-order valence-electron chi connectivity index (χ3n) is 5.64. The number of piperidine rings is 1. The summed E-state index contributed by atoms with van der Waals surface area (Å²) in [4.78, 5) is 7.43. The number of nitrogen functional groups attached to an aromatic ring is 1. The average molecular weight is 364 g/mol. The number of benzene rings is 1. The Bertz CT molecular complexity index is 989. The molecule has 6 heteroatoms. The maximum Gasteiger partial charge on any atom is 0.231 e. The van der Waals surface area contributed by atoms with Gasteiger partial charge in [-0.25, -0.2) is 4.98 Å². The fourth-order valence-corrected chi connectivity index (χ4v) is 3.97. The number of nitrogens with two attached hydrogens (primary N) is 1. The van der Waals surface area contributed by atoms with Gasteiger partial charge in [0.1, 0.15) is 5.65 Å². The van der Waals surface area contributed by atoms with Crippen LogP contribution in [-0.2, 0) is 6.54 Å². The fraction of sp³-hybridized carbons (Fsp3) is 0.381. The highest BCUT2D eigenvalue weighted by molar-refractivity contribution is 5.70. The first kappa shape index (κ1) is 16.4. The van der Waals surface area contributed by atoms with E-state index in [0.717, 1.165) is 59.6 Å². The van der Waals surface area contributed by atoms with Gasteiger partial charge in [0.2, 0.25) is 6.79 Å². The van der Waals surface area contributed by atoms with Crippen LogP contribution in [0.2, 0.25) is 0 Å². The molecule has 1 aromatic carbocycles. The standard InChI is InChI=1S/C21H24N4O2/c1-14-6-8-24(9-7-14)12-17-21(23-20-5-3-16(22)11-25(17)20)15-2-4-18-19(10-15)27-13-26-18/h2-5,10-11,14H,6-9,12-13,22H2,1H3. The molecule has 1 fully saturated rings. The Morgan fingerprint density at radius 1 is 1.11 bits per heavy atom. The zero-order chi connectivity index (χ0) is 18.4. The Balaban J connectivity index is 1.58. The third kappa shape index (κ3) is 3.00. The minimum atomic E-state index is 0.277. The summed E-state index contributed by atoms with van der Waals surface area (Å²) in [5.74, 6) is 2.38. The lowest BCUT2D eigenvalue weighted by atomic mass is 9.99. The molecular formula is C21H24N4O2. The highest BCUT2D eigenvalue weighted by Crippen LogP contribution is 2.37. The minimum absolute atomic E-state index is 0.277. The number of aromatic nitrogens is 2. The number of ether oxygens (including phenoxy) is 2. The number of fused-ring (bicyclic) bond motifs is 2. The molecular weight excluding hydrogens is 340 g/mol. The van der Waals surface area contributed by atoms with E-state index in [2.05, 4.69) is 22.3 Å². The molecule has 2 N–H and O–H groups in total. The lowest BCUT2D eigenvalue weighted by molar-refractivity contribution is 0.174. The first-order chi connectivity index (χ1) is 13.2. The molecule has 0 saturated carbocycles. The van der Waals surface area contributed by atoms with E-state index in [-0.39, 0.29) is 6.79 Å². The zero-order valence-electron chi connectivity index (χ0n) is 15.5. The Kier molecular flexibility index (Phi) is 3.93. The number of imidazole rings is 1. The molecule has 2 aromatic heterocycles. The van der Waals surface area contributed by atoms with Gasteiger partial charge in [0.25, 0.3) is 0 Å². The Morgan fingerprint density at radius 2 is 1.93 bits per heavy atom. The summed E-state index contributed by atoms with van der Waals surface area (Å²) in [5.41, 5.74) is 10.9. The van der Waals surface area contributed by atoms with Crippen molar-refractivity contribution in [3.63, 3.8) is 0 Å². The van der Waals surface area contributed by atoms with Crippen LogP contribution in [0.15, 0.2) is 36.5 Å². The summed E-state index contributed by atoms with van der Waals surface area (Å²) in [7, 11) is 0. The van der Waals surface area contributed by atoms with Crippen molar-refractivity contribution < 1.29 is 9.47 Å². The van der Waals surface area contributed by atoms with E-state index in [1.165, 1.54) is 18.5 Å². The van der Waals surface area contributed by atoms with Gasteiger partial charge in [-0.05, 0) is 62.2 Å². The molecule has 140 valence electrons. The molecule has 3 aromatic rings. The van der Waals surface area contributed by atoms with E-state index in [1.807, 2.05) is 30.5 Å². The van der Waals surface area contributed by atoms with Gasteiger partial charge in [-0.2, -0.15) is 0 Å². The molecule has 2 aliphatic heterocycles. The number of hydrogen-bond acceptors (Lipinski definition) is 5. The Morgan fingerprint density at radius 3 is 2.78 bits per heavy atom. The van der Waals surface area contributed by atoms with Crippen LogP contribution in [0, 0.1) is 5.92 Å². The molecule has 0 aliphatic carbocycles. The van der Waals surface area contributed by atoms with Crippen LogP contribution in [0.1, 0.15) is 25.5 Å². The number of anilines is 1. The van der Waals surface area contributed by atoms with Gasteiger partial charge in [0.15, 0.2) is 11.5 Å². The van der Waals surface area contributed by atoms with Crippen molar-refractivity contribution in [1.29, 1.82) is 0 Å². The average Bonchev–Trinajstić information content (AvgIpc) is 3.27. The largest absolute Gasteiger partial charge is 0.454 e. The summed E-state index contributed by atoms with van der Waals surface area (Å²) in [6.45, 7) is 5.72. The van der Waals surface area contributed by atoms with E-state index in [1.54, 1.807) is 0 Å². The summed E-state index contributed by atoms with van der Waals surface area (Å²) < 4.78 is 13.2. The molecule has 0 radical (unpaired) electrons. The predicted octanol–water partition coefficient (Wildman–Crippen LogP) is 3.54. The third-order valence-corrected chi connectivity index (χ3v) is 5.64. The second-order valence-electron chi connectivity index (χ2n) is 7.62. The summed E-state index contributed by atoms with van der Waals surface area (Å²) >= 11 is 0. The quantitative estimate of drug-likeness (QED) is 0.770. The number of hydrogen-bond donors (Lipinski definition) is 1. The number of nitrogens with zero attached hydrogens (tertiary/aromatic N) is 3. The van der Waals surface area contributed by atoms with E-state index in [9.17, 15) is 0 Å². The normalized spacial score (nSPS) is 17.7. The van der Waals surface area contributed by atoms with Gasteiger partial charge in [0, 0.05) is 24.0 Å². The minimum Gasteiger partial charge on any atom is -0.454 e. The highest BCUT2D eigenvalue weighted by atomic mass is 16.7. The predicted molar refractivity (Wildman–Crippen MR) is 105 cm³/mol. The van der Waals surface area contributed by atoms with Crippen LogP contribution in [0.25, 0.3) is 16.9 Å². The number of pyridine rings is 1. The van der Waals surface area contributed by atoms with Gasteiger partial charge in [-0.1, -0.05) is 6.92 Å². The van der Waals surface area contributed by atoms with Crippen molar-refractivity contribution in [2.75, 3.05) is 25.6 Å². The topological polar surface area (TPSA) is 65.0 Å². The summed E-state index contributed by atoms with van der Waals surface area (Å²) in [5, 5.41) is 0. The monoisotopic (exact) mass is 364 g/mol. The van der Waals surface area contributed by atoms with Crippen molar-refractivity contribution in [1.82, 2.24) is 14.3 Å². The zero-order valence-corrected chi connectivity index (χ0v) is 15.5. The second kappa shape index (κ2) is 6.46. The molecule has 2 aliphatic rings. The summed E-state index contributed by atoms with van der Waals surface area (Å²) in [6, 6.07) is 9.92. The van der Waals surface area contributed by atoms with Crippen LogP contribution < -0.4 is 15.2 Å². The Labute approximate surface area is 158 Å². The van der Waals surface area contributed by atoms with E-state index >= 15 is 0 Å². The van der Waals surface area contributed by atoms with Crippen molar-refractivity contribution in [2.45, 2.75) is 26.3 Å². The van der Waals surface area contributed by atoms with Crippen LogP contribution >= 0.6 is 0 Å². The molecule has 0 amide bonds. The van der Waals surface area contributed by atoms with Crippen LogP contribution in [-0.4, -0.2) is 34.2 Å². The first-order valence-corrected chi connectivity index (χ1v) is 9.56. The fourth-order valence-electron chi connectivity index (χ4n) is 3.97. The number of likely N-dealkylation sites (tertiary alicyclic amines) is 1. The molecule has 5 rings (SSSR count). The van der Waals surface area contributed by atoms with Gasteiger partial charge >= 0.3 is 0 Å². The first-order valence-electron chi connectivity index (χ1n) is 9.56. The molecule has 27 heavy (non-hydrogen) atoms. The van der Waals surface area contributed by atoms with Crippen molar-refractivity contribution in [3.8, 4) is 22.8 Å². The molecule has 4 heterocycles. The van der Waals surface area contributed by atoms with E-state index in [4.69, 9.17) is 20.2 Å². The van der Waals surface area contributed by atoms with Crippen LogP contribution in [0.4, 0.5) is 5.69 Å².